The molecular weight excluding hydrogens is 403 g/mol. The van der Waals surface area contributed by atoms with Crippen LogP contribution in [-0.2, 0) is 28.9 Å². The zero-order chi connectivity index (χ0) is 21.2. The SMILES string of the molecule is Cn1cc(S(=O)(=O)NCC(c2ccc(F)cc2)N2CCOCC2)c(=O)n(C)c1=O. The molecule has 2 aromatic rings. The minimum absolute atomic E-state index is 0.0278. The lowest BCUT2D eigenvalue weighted by molar-refractivity contribution is 0.0172. The van der Waals surface area contributed by atoms with Gasteiger partial charge in [-0.1, -0.05) is 12.1 Å². The molecular formula is C18H23FN4O5S. The van der Waals surface area contributed by atoms with Crippen LogP contribution in [0.4, 0.5) is 4.39 Å². The van der Waals surface area contributed by atoms with Crippen LogP contribution in [0.15, 0.2) is 44.9 Å². The fourth-order valence-corrected chi connectivity index (χ4v) is 4.45. The van der Waals surface area contributed by atoms with Gasteiger partial charge in [0.15, 0.2) is 4.90 Å². The van der Waals surface area contributed by atoms with Gasteiger partial charge in [0.2, 0.25) is 10.0 Å². The van der Waals surface area contributed by atoms with E-state index in [1.807, 2.05) is 4.90 Å². The molecule has 0 radical (unpaired) electrons. The van der Waals surface area contributed by atoms with Crippen molar-refractivity contribution in [3.8, 4) is 0 Å². The van der Waals surface area contributed by atoms with E-state index in [1.54, 1.807) is 12.1 Å². The Labute approximate surface area is 167 Å². The van der Waals surface area contributed by atoms with E-state index in [4.69, 9.17) is 4.74 Å². The molecule has 29 heavy (non-hydrogen) atoms. The fourth-order valence-electron chi connectivity index (χ4n) is 3.26. The van der Waals surface area contributed by atoms with Crippen molar-refractivity contribution in [1.82, 2.24) is 18.8 Å². The molecule has 0 bridgehead atoms. The summed E-state index contributed by atoms with van der Waals surface area (Å²) in [5.74, 6) is -0.385. The van der Waals surface area contributed by atoms with Crippen LogP contribution in [0, 0.1) is 5.82 Å². The summed E-state index contributed by atoms with van der Waals surface area (Å²) in [7, 11) is -1.59. The summed E-state index contributed by atoms with van der Waals surface area (Å²) in [5, 5.41) is 0. The standard InChI is InChI=1S/C18H23FN4O5S/c1-21-12-16(17(24)22(2)18(21)25)29(26,27)20-11-15(23-7-9-28-10-8-23)13-3-5-14(19)6-4-13/h3-6,12,15,20H,7-11H2,1-2H3. The van der Waals surface area contributed by atoms with E-state index < -0.39 is 26.2 Å². The van der Waals surface area contributed by atoms with Gasteiger partial charge in [0.05, 0.1) is 13.2 Å². The van der Waals surface area contributed by atoms with Crippen LogP contribution in [0.25, 0.3) is 0 Å². The summed E-state index contributed by atoms with van der Waals surface area (Å²) in [6.07, 6.45) is 1.01. The van der Waals surface area contributed by atoms with E-state index >= 15 is 0 Å². The predicted octanol–water partition coefficient (Wildman–Crippen LogP) is -0.425. The Morgan fingerprint density at radius 1 is 1.14 bits per heavy atom. The number of halogens is 1. The van der Waals surface area contributed by atoms with Crippen molar-refractivity contribution >= 4 is 10.0 Å². The highest BCUT2D eigenvalue weighted by molar-refractivity contribution is 7.89. The highest BCUT2D eigenvalue weighted by Gasteiger charge is 2.27. The summed E-state index contributed by atoms with van der Waals surface area (Å²) >= 11 is 0. The van der Waals surface area contributed by atoms with Crippen molar-refractivity contribution in [3.63, 3.8) is 0 Å². The number of benzene rings is 1. The number of rotatable bonds is 6. The Morgan fingerprint density at radius 3 is 2.38 bits per heavy atom. The first-order valence-electron chi connectivity index (χ1n) is 9.04. The van der Waals surface area contributed by atoms with Gasteiger partial charge in [-0.25, -0.2) is 22.3 Å². The third kappa shape index (κ3) is 4.64. The minimum Gasteiger partial charge on any atom is -0.379 e. The van der Waals surface area contributed by atoms with E-state index in [2.05, 4.69) is 4.72 Å². The number of hydrogen-bond acceptors (Lipinski definition) is 6. The third-order valence-electron chi connectivity index (χ3n) is 4.91. The number of aryl methyl sites for hydroxylation is 1. The van der Waals surface area contributed by atoms with Gasteiger partial charge in [0, 0.05) is 46.0 Å². The lowest BCUT2D eigenvalue weighted by Gasteiger charge is -2.34. The second-order valence-corrected chi connectivity index (χ2v) is 8.55. The van der Waals surface area contributed by atoms with Crippen molar-refractivity contribution in [3.05, 3.63) is 62.7 Å². The van der Waals surface area contributed by atoms with E-state index in [-0.39, 0.29) is 18.4 Å². The number of aromatic nitrogens is 2. The zero-order valence-electron chi connectivity index (χ0n) is 16.2. The number of ether oxygens (including phenoxy) is 1. The van der Waals surface area contributed by atoms with Crippen LogP contribution >= 0.6 is 0 Å². The first-order chi connectivity index (χ1) is 13.7. The van der Waals surface area contributed by atoms with Crippen LogP contribution in [-0.4, -0.2) is 55.3 Å². The molecule has 0 saturated carbocycles. The number of sulfonamides is 1. The number of hydrogen-bond donors (Lipinski definition) is 1. The molecule has 1 N–H and O–H groups in total. The smallest absolute Gasteiger partial charge is 0.330 e. The molecule has 1 saturated heterocycles. The summed E-state index contributed by atoms with van der Waals surface area (Å²) in [5.41, 5.74) is -0.777. The maximum absolute atomic E-state index is 13.3. The first kappa shape index (κ1) is 21.4. The lowest BCUT2D eigenvalue weighted by Crippen LogP contribution is -2.45. The second kappa shape index (κ2) is 8.57. The maximum atomic E-state index is 13.3. The molecule has 1 fully saturated rings. The highest BCUT2D eigenvalue weighted by atomic mass is 32.2. The minimum atomic E-state index is -4.18. The monoisotopic (exact) mass is 426 g/mol. The van der Waals surface area contributed by atoms with Gasteiger partial charge in [-0.15, -0.1) is 0 Å². The van der Waals surface area contributed by atoms with Gasteiger partial charge in [-0.05, 0) is 17.7 Å². The molecule has 1 aliphatic heterocycles. The lowest BCUT2D eigenvalue weighted by atomic mass is 10.0. The summed E-state index contributed by atoms with van der Waals surface area (Å²) in [4.78, 5) is 25.6. The average molecular weight is 426 g/mol. The molecule has 1 aromatic carbocycles. The van der Waals surface area contributed by atoms with Crippen LogP contribution < -0.4 is 16.0 Å². The van der Waals surface area contributed by atoms with Gasteiger partial charge in [0.1, 0.15) is 5.82 Å². The molecule has 1 aromatic heterocycles. The van der Waals surface area contributed by atoms with Gasteiger partial charge in [-0.3, -0.25) is 14.3 Å². The van der Waals surface area contributed by atoms with E-state index in [0.717, 1.165) is 20.9 Å². The summed E-state index contributed by atoms with van der Waals surface area (Å²) in [6.45, 7) is 2.16. The Bertz CT molecular complexity index is 1090. The normalized spacial score (nSPS) is 16.7. The van der Waals surface area contributed by atoms with Crippen molar-refractivity contribution in [2.45, 2.75) is 10.9 Å². The summed E-state index contributed by atoms with van der Waals surface area (Å²) in [6, 6.07) is 5.48. The highest BCUT2D eigenvalue weighted by Crippen LogP contribution is 2.22. The van der Waals surface area contributed by atoms with Gasteiger partial charge in [0.25, 0.3) is 5.56 Å². The molecule has 1 aliphatic rings. The molecule has 11 heteroatoms. The van der Waals surface area contributed by atoms with Crippen LogP contribution in [0.1, 0.15) is 11.6 Å². The molecule has 158 valence electrons. The molecule has 0 aliphatic carbocycles. The second-order valence-electron chi connectivity index (χ2n) is 6.82. The predicted molar refractivity (Wildman–Crippen MR) is 104 cm³/mol. The topological polar surface area (TPSA) is 103 Å². The van der Waals surface area contributed by atoms with E-state index in [0.29, 0.717) is 26.3 Å². The number of nitrogens with one attached hydrogen (secondary N) is 1. The fraction of sp³-hybridized carbons (Fsp3) is 0.444. The van der Waals surface area contributed by atoms with Crippen molar-refractivity contribution in [2.75, 3.05) is 32.8 Å². The van der Waals surface area contributed by atoms with E-state index in [1.165, 1.54) is 26.2 Å². The van der Waals surface area contributed by atoms with E-state index in [9.17, 15) is 22.4 Å². The number of nitrogens with zero attached hydrogens (tertiary/aromatic N) is 3. The quantitative estimate of drug-likeness (QED) is 0.673. The Morgan fingerprint density at radius 2 is 1.76 bits per heavy atom. The Balaban J connectivity index is 1.89. The van der Waals surface area contributed by atoms with Crippen LogP contribution in [0.2, 0.25) is 0 Å². The first-order valence-corrected chi connectivity index (χ1v) is 10.5. The largest absolute Gasteiger partial charge is 0.379 e. The molecule has 0 amide bonds. The Hall–Kier alpha value is -2.34. The third-order valence-corrected chi connectivity index (χ3v) is 6.32. The summed E-state index contributed by atoms with van der Waals surface area (Å²) < 4.78 is 48.5. The van der Waals surface area contributed by atoms with Gasteiger partial charge < -0.3 is 9.30 Å². The van der Waals surface area contributed by atoms with Crippen molar-refractivity contribution in [1.29, 1.82) is 0 Å². The Kier molecular flexibility index (Phi) is 6.32. The zero-order valence-corrected chi connectivity index (χ0v) is 17.0. The average Bonchev–Trinajstić information content (AvgIpc) is 2.71. The van der Waals surface area contributed by atoms with Crippen molar-refractivity contribution in [2.24, 2.45) is 14.1 Å². The molecule has 3 rings (SSSR count). The molecule has 1 atom stereocenters. The van der Waals surface area contributed by atoms with Gasteiger partial charge in [-0.2, -0.15) is 0 Å². The van der Waals surface area contributed by atoms with Gasteiger partial charge >= 0.3 is 5.69 Å². The maximum Gasteiger partial charge on any atom is 0.330 e. The molecule has 9 nitrogen and oxygen atoms in total. The molecule has 0 spiro atoms. The molecule has 1 unspecified atom stereocenters. The van der Waals surface area contributed by atoms with Crippen molar-refractivity contribution < 1.29 is 17.5 Å². The van der Waals surface area contributed by atoms with Crippen LogP contribution in [0.3, 0.4) is 0 Å². The number of morpholine rings is 1. The molecule has 2 heterocycles. The van der Waals surface area contributed by atoms with Crippen LogP contribution in [0.5, 0.6) is 0 Å².